The molecule has 0 aromatic carbocycles. The van der Waals surface area contributed by atoms with E-state index in [0.29, 0.717) is 22.3 Å². The Labute approximate surface area is 131 Å². The van der Waals surface area contributed by atoms with Crippen LogP contribution in [0.15, 0.2) is 12.3 Å². The normalized spacial score (nSPS) is 22.2. The summed E-state index contributed by atoms with van der Waals surface area (Å²) in [6.07, 6.45) is 4.80. The van der Waals surface area contributed by atoms with Crippen molar-refractivity contribution in [2.75, 3.05) is 18.4 Å². The van der Waals surface area contributed by atoms with E-state index in [1.165, 1.54) is 6.42 Å². The number of pyridine rings is 1. The van der Waals surface area contributed by atoms with Crippen molar-refractivity contribution in [3.05, 3.63) is 22.8 Å². The summed E-state index contributed by atoms with van der Waals surface area (Å²) in [5.41, 5.74) is 0.547. The summed E-state index contributed by atoms with van der Waals surface area (Å²) in [6.45, 7) is 8.02. The van der Waals surface area contributed by atoms with Gasteiger partial charge < -0.3 is 10.2 Å². The number of halogens is 1. The number of aromatic nitrogens is 1. The van der Waals surface area contributed by atoms with Crippen LogP contribution in [-0.2, 0) is 0 Å². The summed E-state index contributed by atoms with van der Waals surface area (Å²) >= 11 is 6.19. The number of hydrogen-bond donors (Lipinski definition) is 1. The van der Waals surface area contributed by atoms with Crippen molar-refractivity contribution >= 4 is 23.3 Å². The zero-order valence-corrected chi connectivity index (χ0v) is 13.8. The second-order valence-electron chi connectivity index (χ2n) is 5.97. The molecule has 1 saturated heterocycles. The molecule has 0 bridgehead atoms. The molecule has 5 heteroatoms. The lowest BCUT2D eigenvalue weighted by molar-refractivity contribution is 0.0574. The number of piperidine rings is 1. The Morgan fingerprint density at radius 2 is 2.24 bits per heavy atom. The first-order valence-corrected chi connectivity index (χ1v) is 8.11. The van der Waals surface area contributed by atoms with E-state index in [4.69, 9.17) is 11.6 Å². The highest BCUT2D eigenvalue weighted by atomic mass is 35.5. The van der Waals surface area contributed by atoms with Crippen LogP contribution in [0.2, 0.25) is 5.02 Å². The van der Waals surface area contributed by atoms with Gasteiger partial charge in [0.15, 0.2) is 0 Å². The largest absolute Gasteiger partial charge is 0.370 e. The topological polar surface area (TPSA) is 45.2 Å². The fourth-order valence-corrected chi connectivity index (χ4v) is 2.86. The summed E-state index contributed by atoms with van der Waals surface area (Å²) in [5, 5.41) is 3.62. The molecule has 2 unspecified atom stereocenters. The van der Waals surface area contributed by atoms with E-state index in [2.05, 4.69) is 31.1 Å². The van der Waals surface area contributed by atoms with Gasteiger partial charge in [0.25, 0.3) is 5.91 Å². The van der Waals surface area contributed by atoms with Crippen LogP contribution in [0, 0.1) is 5.92 Å². The van der Waals surface area contributed by atoms with Gasteiger partial charge in [-0.3, -0.25) is 4.79 Å². The second kappa shape index (κ2) is 7.12. The van der Waals surface area contributed by atoms with E-state index < -0.39 is 0 Å². The molecule has 1 amide bonds. The number of carbonyl (C=O) groups excluding carboxylic acids is 1. The molecule has 1 aliphatic heterocycles. The zero-order valence-electron chi connectivity index (χ0n) is 13.0. The summed E-state index contributed by atoms with van der Waals surface area (Å²) < 4.78 is 0. The zero-order chi connectivity index (χ0) is 15.4. The molecule has 116 valence electrons. The molecular formula is C16H24ClN3O. The lowest BCUT2D eigenvalue weighted by Gasteiger charge is -2.37. The number of anilines is 1. The van der Waals surface area contributed by atoms with Crippen LogP contribution in [-0.4, -0.2) is 34.9 Å². The molecule has 0 saturated carbocycles. The molecule has 1 aromatic heterocycles. The molecule has 2 heterocycles. The van der Waals surface area contributed by atoms with Gasteiger partial charge in [-0.15, -0.1) is 0 Å². The third-order valence-corrected chi connectivity index (χ3v) is 4.32. The second-order valence-corrected chi connectivity index (χ2v) is 6.37. The molecule has 1 aliphatic rings. The van der Waals surface area contributed by atoms with Gasteiger partial charge >= 0.3 is 0 Å². The highest BCUT2D eigenvalue weighted by Crippen LogP contribution is 2.26. The Hall–Kier alpha value is -1.29. The Kier molecular flexibility index (Phi) is 5.45. The maximum atomic E-state index is 12.8. The minimum Gasteiger partial charge on any atom is -0.370 e. The number of nitrogens with zero attached hydrogens (tertiary/aromatic N) is 2. The number of rotatable bonds is 4. The van der Waals surface area contributed by atoms with Gasteiger partial charge in [0.1, 0.15) is 5.82 Å². The summed E-state index contributed by atoms with van der Waals surface area (Å²) in [7, 11) is 0. The van der Waals surface area contributed by atoms with E-state index in [1.54, 1.807) is 12.3 Å². The number of hydrogen-bond acceptors (Lipinski definition) is 3. The lowest BCUT2D eigenvalue weighted by atomic mass is 9.94. The van der Waals surface area contributed by atoms with Crippen LogP contribution >= 0.6 is 11.6 Å². The van der Waals surface area contributed by atoms with Crippen LogP contribution in [0.25, 0.3) is 0 Å². The summed E-state index contributed by atoms with van der Waals surface area (Å²) in [6, 6.07) is 2.04. The number of nitrogens with one attached hydrogen (secondary N) is 1. The van der Waals surface area contributed by atoms with Gasteiger partial charge in [-0.25, -0.2) is 4.98 Å². The average Bonchev–Trinajstić information content (AvgIpc) is 2.48. The molecule has 21 heavy (non-hydrogen) atoms. The van der Waals surface area contributed by atoms with Gasteiger partial charge in [-0.05, 0) is 38.2 Å². The van der Waals surface area contributed by atoms with E-state index in [9.17, 15) is 4.79 Å². The predicted molar refractivity (Wildman–Crippen MR) is 86.9 cm³/mol. The molecule has 0 radical (unpaired) electrons. The van der Waals surface area contributed by atoms with Crippen molar-refractivity contribution in [2.24, 2.45) is 5.92 Å². The van der Waals surface area contributed by atoms with Crippen LogP contribution in [0.4, 0.5) is 5.82 Å². The minimum atomic E-state index is 0.0148. The van der Waals surface area contributed by atoms with Crippen molar-refractivity contribution in [3.63, 3.8) is 0 Å². The number of amides is 1. The Bertz CT molecular complexity index is 506. The molecular weight excluding hydrogens is 286 g/mol. The van der Waals surface area contributed by atoms with E-state index in [-0.39, 0.29) is 11.9 Å². The standard InChI is InChI=1S/C16H24ClN3O/c1-4-7-18-15-8-13(14(17)9-19-15)16(21)20-10-11(2)5-6-12(20)3/h8-9,11-12H,4-7,10H2,1-3H3,(H,18,19). The van der Waals surface area contributed by atoms with E-state index in [1.807, 2.05) is 4.90 Å². The third kappa shape index (κ3) is 3.88. The molecule has 1 N–H and O–H groups in total. The van der Waals surface area contributed by atoms with Crippen LogP contribution < -0.4 is 5.32 Å². The highest BCUT2D eigenvalue weighted by Gasteiger charge is 2.28. The summed E-state index contributed by atoms with van der Waals surface area (Å²) in [4.78, 5) is 19.0. The smallest absolute Gasteiger partial charge is 0.255 e. The maximum absolute atomic E-state index is 12.8. The molecule has 2 atom stereocenters. The molecule has 2 rings (SSSR count). The van der Waals surface area contributed by atoms with Crippen molar-refractivity contribution < 1.29 is 4.79 Å². The first kappa shape index (κ1) is 16.1. The van der Waals surface area contributed by atoms with Crippen molar-refractivity contribution in [1.82, 2.24) is 9.88 Å². The number of carbonyl (C=O) groups is 1. The van der Waals surface area contributed by atoms with Crippen molar-refractivity contribution in [3.8, 4) is 0 Å². The van der Waals surface area contributed by atoms with Gasteiger partial charge in [0, 0.05) is 25.3 Å². The van der Waals surface area contributed by atoms with Crippen LogP contribution in [0.3, 0.4) is 0 Å². The Balaban J connectivity index is 2.21. The first-order valence-electron chi connectivity index (χ1n) is 7.73. The molecule has 1 fully saturated rings. The quantitative estimate of drug-likeness (QED) is 0.919. The molecule has 4 nitrogen and oxygen atoms in total. The molecule has 0 spiro atoms. The first-order chi connectivity index (χ1) is 10.0. The Morgan fingerprint density at radius 3 is 2.95 bits per heavy atom. The molecule has 1 aromatic rings. The van der Waals surface area contributed by atoms with Gasteiger partial charge in [-0.1, -0.05) is 25.4 Å². The van der Waals surface area contributed by atoms with Gasteiger partial charge in [-0.2, -0.15) is 0 Å². The van der Waals surface area contributed by atoms with Crippen molar-refractivity contribution in [1.29, 1.82) is 0 Å². The van der Waals surface area contributed by atoms with Crippen LogP contribution in [0.5, 0.6) is 0 Å². The predicted octanol–water partition coefficient (Wildman–Crippen LogP) is 3.82. The third-order valence-electron chi connectivity index (χ3n) is 4.02. The van der Waals surface area contributed by atoms with Crippen LogP contribution in [0.1, 0.15) is 50.4 Å². The maximum Gasteiger partial charge on any atom is 0.255 e. The average molecular weight is 310 g/mol. The molecule has 0 aliphatic carbocycles. The number of likely N-dealkylation sites (tertiary alicyclic amines) is 1. The van der Waals surface area contributed by atoms with Gasteiger partial charge in [0.2, 0.25) is 0 Å². The van der Waals surface area contributed by atoms with Crippen molar-refractivity contribution in [2.45, 2.75) is 46.1 Å². The fourth-order valence-electron chi connectivity index (χ4n) is 2.68. The Morgan fingerprint density at radius 1 is 1.48 bits per heavy atom. The highest BCUT2D eigenvalue weighted by molar-refractivity contribution is 6.33. The fraction of sp³-hybridized carbons (Fsp3) is 0.625. The van der Waals surface area contributed by atoms with E-state index >= 15 is 0 Å². The van der Waals surface area contributed by atoms with Gasteiger partial charge in [0.05, 0.1) is 10.6 Å². The monoisotopic (exact) mass is 309 g/mol. The summed E-state index contributed by atoms with van der Waals surface area (Å²) in [5.74, 6) is 1.27. The SMILES string of the molecule is CCCNc1cc(C(=O)N2CC(C)CCC2C)c(Cl)cn1. The minimum absolute atomic E-state index is 0.0148. The van der Waals surface area contributed by atoms with E-state index in [0.717, 1.165) is 25.9 Å². The lowest BCUT2D eigenvalue weighted by Crippen LogP contribution is -2.45.